The second kappa shape index (κ2) is 21.4. The largest absolute Gasteiger partial charge is 0.368 e. The SMILES string of the molecule is CCCCCCCCCCCCNc1nc(Cl)nc2c(NCCCCCCCCCCCC)nc(Cl)nc12. The fourth-order valence-electron chi connectivity index (χ4n) is 4.85. The summed E-state index contributed by atoms with van der Waals surface area (Å²) in [7, 11) is 0. The van der Waals surface area contributed by atoms with Gasteiger partial charge in [-0.05, 0) is 36.0 Å². The third-order valence-corrected chi connectivity index (χ3v) is 7.47. The second-order valence-electron chi connectivity index (χ2n) is 10.6. The predicted molar refractivity (Wildman–Crippen MR) is 166 cm³/mol. The van der Waals surface area contributed by atoms with Crippen molar-refractivity contribution >= 4 is 45.9 Å². The van der Waals surface area contributed by atoms with Crippen LogP contribution in [0.3, 0.4) is 0 Å². The summed E-state index contributed by atoms with van der Waals surface area (Å²) >= 11 is 12.5. The number of unbranched alkanes of at least 4 members (excludes halogenated alkanes) is 18. The van der Waals surface area contributed by atoms with Crippen molar-refractivity contribution in [3.8, 4) is 0 Å². The van der Waals surface area contributed by atoms with Crippen LogP contribution in [0.4, 0.5) is 11.6 Å². The summed E-state index contributed by atoms with van der Waals surface area (Å²) in [6, 6.07) is 0. The number of fused-ring (bicyclic) bond motifs is 1. The minimum atomic E-state index is 0.191. The molecule has 2 rings (SSSR count). The molecule has 2 aromatic rings. The Morgan fingerprint density at radius 3 is 1.03 bits per heavy atom. The number of halogens is 2. The van der Waals surface area contributed by atoms with E-state index in [4.69, 9.17) is 23.2 Å². The van der Waals surface area contributed by atoms with E-state index in [1.165, 1.54) is 116 Å². The molecule has 0 bridgehead atoms. The summed E-state index contributed by atoms with van der Waals surface area (Å²) in [5, 5.41) is 7.20. The quantitative estimate of drug-likeness (QED) is 0.0971. The highest BCUT2D eigenvalue weighted by Crippen LogP contribution is 2.27. The Morgan fingerprint density at radius 2 is 0.711 bits per heavy atom. The van der Waals surface area contributed by atoms with E-state index in [0.717, 1.165) is 25.9 Å². The Morgan fingerprint density at radius 1 is 0.421 bits per heavy atom. The molecular weight excluding hydrogens is 515 g/mol. The van der Waals surface area contributed by atoms with Crippen molar-refractivity contribution in [1.82, 2.24) is 19.9 Å². The smallest absolute Gasteiger partial charge is 0.225 e. The average molecular weight is 568 g/mol. The van der Waals surface area contributed by atoms with Gasteiger partial charge in [-0.25, -0.2) is 9.97 Å². The Labute approximate surface area is 241 Å². The lowest BCUT2D eigenvalue weighted by molar-refractivity contribution is 0.560. The van der Waals surface area contributed by atoms with Gasteiger partial charge in [0.15, 0.2) is 11.6 Å². The molecule has 8 heteroatoms. The zero-order chi connectivity index (χ0) is 27.3. The van der Waals surface area contributed by atoms with Gasteiger partial charge >= 0.3 is 0 Å². The average Bonchev–Trinajstić information content (AvgIpc) is 2.90. The molecule has 6 nitrogen and oxygen atoms in total. The van der Waals surface area contributed by atoms with Crippen LogP contribution in [0.2, 0.25) is 10.6 Å². The zero-order valence-corrected chi connectivity index (χ0v) is 25.6. The molecule has 0 saturated carbocycles. The summed E-state index contributed by atoms with van der Waals surface area (Å²) in [5.41, 5.74) is 1.24. The lowest BCUT2D eigenvalue weighted by Gasteiger charge is -2.12. The summed E-state index contributed by atoms with van der Waals surface area (Å²) in [5.74, 6) is 1.25. The van der Waals surface area contributed by atoms with Gasteiger partial charge in [-0.3, -0.25) is 0 Å². The van der Waals surface area contributed by atoms with E-state index in [1.54, 1.807) is 0 Å². The summed E-state index contributed by atoms with van der Waals surface area (Å²) in [4.78, 5) is 17.6. The highest BCUT2D eigenvalue weighted by Gasteiger charge is 2.14. The van der Waals surface area contributed by atoms with Crippen LogP contribution in [-0.4, -0.2) is 33.0 Å². The number of anilines is 2. The number of hydrogen-bond acceptors (Lipinski definition) is 6. The molecular formula is C30H52Cl2N6. The van der Waals surface area contributed by atoms with Gasteiger partial charge in [-0.1, -0.05) is 129 Å². The molecule has 2 N–H and O–H groups in total. The Hall–Kier alpha value is -1.40. The van der Waals surface area contributed by atoms with Crippen molar-refractivity contribution in [2.75, 3.05) is 23.7 Å². The van der Waals surface area contributed by atoms with E-state index >= 15 is 0 Å². The molecule has 0 saturated heterocycles. The van der Waals surface area contributed by atoms with Crippen LogP contribution in [0.1, 0.15) is 142 Å². The summed E-state index contributed by atoms with van der Waals surface area (Å²) < 4.78 is 0. The Balaban J connectivity index is 1.72. The molecule has 0 spiro atoms. The Bertz CT molecular complexity index is 808. The standard InChI is InChI=1S/C30H52Cl2N6/c1-3-5-7-9-11-13-15-17-19-21-23-33-27-25-26(36-29(31)37-27)28(38-30(32)35-25)34-24-22-20-18-16-14-12-10-8-6-4-2/h3-24H2,1-2H3,(H,33,36,37)(H,34,35,38). The highest BCUT2D eigenvalue weighted by molar-refractivity contribution is 6.30. The molecule has 0 unspecified atom stereocenters. The number of rotatable bonds is 24. The van der Waals surface area contributed by atoms with E-state index in [-0.39, 0.29) is 10.6 Å². The molecule has 2 aromatic heterocycles. The van der Waals surface area contributed by atoms with Crippen LogP contribution < -0.4 is 10.6 Å². The monoisotopic (exact) mass is 566 g/mol. The van der Waals surface area contributed by atoms with E-state index in [1.807, 2.05) is 0 Å². The maximum atomic E-state index is 6.27. The van der Waals surface area contributed by atoms with Crippen molar-refractivity contribution in [1.29, 1.82) is 0 Å². The molecule has 0 aliphatic heterocycles. The van der Waals surface area contributed by atoms with Gasteiger partial charge in [0.25, 0.3) is 0 Å². The molecule has 216 valence electrons. The number of nitrogens with one attached hydrogen (secondary N) is 2. The molecule has 0 fully saturated rings. The van der Waals surface area contributed by atoms with Crippen molar-refractivity contribution < 1.29 is 0 Å². The topological polar surface area (TPSA) is 75.6 Å². The molecule has 38 heavy (non-hydrogen) atoms. The molecule has 0 aliphatic carbocycles. The van der Waals surface area contributed by atoms with Crippen LogP contribution in [0.15, 0.2) is 0 Å². The first-order valence-electron chi connectivity index (χ1n) is 15.5. The van der Waals surface area contributed by atoms with Gasteiger partial charge in [0.05, 0.1) is 0 Å². The maximum Gasteiger partial charge on any atom is 0.225 e. The first kappa shape index (κ1) is 32.8. The van der Waals surface area contributed by atoms with Crippen LogP contribution in [0, 0.1) is 0 Å². The zero-order valence-electron chi connectivity index (χ0n) is 24.1. The second-order valence-corrected chi connectivity index (χ2v) is 11.3. The van der Waals surface area contributed by atoms with Gasteiger partial charge in [0.1, 0.15) is 11.0 Å². The molecule has 0 atom stereocenters. The minimum absolute atomic E-state index is 0.191. The number of aromatic nitrogens is 4. The van der Waals surface area contributed by atoms with Crippen molar-refractivity contribution in [2.24, 2.45) is 0 Å². The molecule has 0 amide bonds. The van der Waals surface area contributed by atoms with E-state index in [0.29, 0.717) is 22.7 Å². The van der Waals surface area contributed by atoms with Crippen LogP contribution in [0.25, 0.3) is 11.0 Å². The highest BCUT2D eigenvalue weighted by atomic mass is 35.5. The van der Waals surface area contributed by atoms with Gasteiger partial charge in [-0.15, -0.1) is 0 Å². The summed E-state index contributed by atoms with van der Waals surface area (Å²) in [6.07, 6.45) is 26.2. The van der Waals surface area contributed by atoms with Crippen molar-refractivity contribution in [3.05, 3.63) is 10.6 Å². The molecule has 2 heterocycles. The minimum Gasteiger partial charge on any atom is -0.368 e. The first-order chi connectivity index (χ1) is 18.7. The molecule has 0 aliphatic rings. The van der Waals surface area contributed by atoms with E-state index in [2.05, 4.69) is 44.4 Å². The van der Waals surface area contributed by atoms with Crippen LogP contribution in [-0.2, 0) is 0 Å². The maximum absolute atomic E-state index is 6.27. The van der Waals surface area contributed by atoms with Gasteiger partial charge < -0.3 is 10.6 Å². The third kappa shape index (κ3) is 14.1. The predicted octanol–water partition coefficient (Wildman–Crippen LogP) is 10.4. The third-order valence-electron chi connectivity index (χ3n) is 7.13. The lowest BCUT2D eigenvalue weighted by Crippen LogP contribution is -2.09. The van der Waals surface area contributed by atoms with Crippen molar-refractivity contribution in [3.63, 3.8) is 0 Å². The fraction of sp³-hybridized carbons (Fsp3) is 0.800. The van der Waals surface area contributed by atoms with Gasteiger partial charge in [0.2, 0.25) is 10.6 Å². The van der Waals surface area contributed by atoms with Crippen LogP contribution in [0.5, 0.6) is 0 Å². The van der Waals surface area contributed by atoms with Crippen molar-refractivity contribution in [2.45, 2.75) is 142 Å². The Kier molecular flexibility index (Phi) is 18.5. The number of hydrogen-bond donors (Lipinski definition) is 2. The molecule has 0 radical (unpaired) electrons. The van der Waals surface area contributed by atoms with Gasteiger partial charge in [0, 0.05) is 13.1 Å². The number of nitrogens with zero attached hydrogens (tertiary/aromatic N) is 4. The fourth-order valence-corrected chi connectivity index (χ4v) is 5.18. The lowest BCUT2D eigenvalue weighted by atomic mass is 10.1. The first-order valence-corrected chi connectivity index (χ1v) is 16.3. The van der Waals surface area contributed by atoms with E-state index in [9.17, 15) is 0 Å². The van der Waals surface area contributed by atoms with Gasteiger partial charge in [-0.2, -0.15) is 9.97 Å². The summed E-state index contributed by atoms with van der Waals surface area (Å²) in [6.45, 7) is 6.18. The normalized spacial score (nSPS) is 11.4. The van der Waals surface area contributed by atoms with Crippen LogP contribution >= 0.6 is 23.2 Å². The van der Waals surface area contributed by atoms with E-state index < -0.39 is 0 Å². The molecule has 0 aromatic carbocycles.